The fourth-order valence-corrected chi connectivity index (χ4v) is 8.26. The summed E-state index contributed by atoms with van der Waals surface area (Å²) in [4.78, 5) is 37.4. The van der Waals surface area contributed by atoms with Crippen LogP contribution >= 0.6 is 0 Å². The summed E-state index contributed by atoms with van der Waals surface area (Å²) in [5, 5.41) is 121. The third kappa shape index (κ3) is 22.3. The van der Waals surface area contributed by atoms with Crippen LogP contribution in [0.25, 0.3) is 0 Å². The van der Waals surface area contributed by atoms with E-state index in [1.54, 1.807) is 39.0 Å². The highest BCUT2D eigenvalue weighted by molar-refractivity contribution is 5.72. The molecule has 19 atom stereocenters. The monoisotopic (exact) mass is 1010 g/mol. The molecule has 2 aliphatic heterocycles. The zero-order valence-electron chi connectivity index (χ0n) is 41.7. The van der Waals surface area contributed by atoms with Crippen LogP contribution in [0.3, 0.4) is 0 Å². The molecule has 0 spiro atoms. The molecule has 0 bridgehead atoms. The molecule has 0 aromatic rings. The van der Waals surface area contributed by atoms with E-state index in [-0.39, 0.29) is 38.2 Å². The van der Waals surface area contributed by atoms with Crippen molar-refractivity contribution in [1.29, 1.82) is 0 Å². The highest BCUT2D eigenvalue weighted by Gasteiger charge is 2.51. The lowest BCUT2D eigenvalue weighted by Crippen LogP contribution is -2.64. The number of aliphatic carboxylic acids is 1. The summed E-state index contributed by atoms with van der Waals surface area (Å²) in [6.45, 7) is 13.6. The van der Waals surface area contributed by atoms with Crippen molar-refractivity contribution in [3.8, 4) is 0 Å². The fourth-order valence-electron chi connectivity index (χ4n) is 8.26. The van der Waals surface area contributed by atoms with E-state index in [4.69, 9.17) is 23.7 Å². The highest BCUT2D eigenvalue weighted by atomic mass is 16.7. The minimum atomic E-state index is -2.36. The van der Waals surface area contributed by atoms with Crippen LogP contribution in [0.2, 0.25) is 0 Å². The van der Waals surface area contributed by atoms with E-state index in [0.29, 0.717) is 0 Å². The molecule has 2 saturated heterocycles. The Labute approximate surface area is 416 Å². The number of amides is 1. The molecule has 20 heteroatoms. The Bertz CT molecular complexity index is 1790. The van der Waals surface area contributed by atoms with Gasteiger partial charge in [-0.15, -0.1) is 0 Å². The van der Waals surface area contributed by atoms with E-state index >= 15 is 0 Å². The molecule has 0 aromatic heterocycles. The summed E-state index contributed by atoms with van der Waals surface area (Å²) >= 11 is 0. The Morgan fingerprint density at radius 1 is 0.817 bits per heavy atom. The molecule has 2 fully saturated rings. The molecular formula is C51H81NO19. The van der Waals surface area contributed by atoms with E-state index < -0.39 is 153 Å². The Balaban J connectivity index is 1.99. The van der Waals surface area contributed by atoms with Gasteiger partial charge in [-0.25, -0.2) is 4.79 Å². The van der Waals surface area contributed by atoms with Crippen LogP contribution in [0.1, 0.15) is 92.9 Å². The van der Waals surface area contributed by atoms with Crippen molar-refractivity contribution >= 4 is 18.0 Å². The van der Waals surface area contributed by atoms with Crippen molar-refractivity contribution in [3.63, 3.8) is 0 Å². The van der Waals surface area contributed by atoms with Crippen molar-refractivity contribution in [3.05, 3.63) is 85.6 Å². The standard InChI is InChI=1S/C51H81NO19/c1-8-11-13-14-15-16-18-19-30(4)45(60)31(5)32(6)68-42(59)26-35(54)24-34(53)21-22-38(56)39(57)25-36(55)28-51(66)29-40(58)43(48(63)64)41(71-51)27-37(20-17-12-9-2)70-49-47(62)44(46(61)33(7)69-49)52-50(65)67-23-10-3/h8-20,30-41,43-47,49,53-58,60-62,66H,3,21-29H2,1-2,4-7H3,(H,52,65)(H,63,64)/b11-8+,12-9+,14-13+,16-15+,19-18+,20-17+/t30-,31-,32-,33+,34+,35+,36-,37-,38+,39+,40-,41-,43+,44-,45+,46+,47-,49-,51+/m0/s1. The molecule has 2 aliphatic rings. The molecule has 0 aliphatic carbocycles. The lowest BCUT2D eigenvalue weighted by atomic mass is 9.82. The van der Waals surface area contributed by atoms with Crippen LogP contribution in [-0.2, 0) is 33.3 Å². The van der Waals surface area contributed by atoms with Crippen LogP contribution in [0.4, 0.5) is 4.79 Å². The normalized spacial score (nSPS) is 29.7. The zero-order chi connectivity index (χ0) is 53.4. The minimum absolute atomic E-state index is 0.127. The van der Waals surface area contributed by atoms with Gasteiger partial charge in [-0.1, -0.05) is 99.4 Å². The van der Waals surface area contributed by atoms with Gasteiger partial charge >= 0.3 is 18.0 Å². The topological polar surface area (TPSA) is 332 Å². The molecule has 0 aromatic carbocycles. The average Bonchev–Trinajstić information content (AvgIpc) is 3.28. The summed E-state index contributed by atoms with van der Waals surface area (Å²) in [5.41, 5.74) is 0. The molecule has 404 valence electrons. The second-order valence-electron chi connectivity index (χ2n) is 18.4. The van der Waals surface area contributed by atoms with E-state index in [1.807, 2.05) is 62.5 Å². The molecule has 12 N–H and O–H groups in total. The van der Waals surface area contributed by atoms with Crippen molar-refractivity contribution < 1.29 is 94.2 Å². The van der Waals surface area contributed by atoms with Crippen LogP contribution < -0.4 is 5.32 Å². The summed E-state index contributed by atoms with van der Waals surface area (Å²) in [7, 11) is 0. The minimum Gasteiger partial charge on any atom is -0.481 e. The number of hydrogen-bond donors (Lipinski definition) is 12. The van der Waals surface area contributed by atoms with Gasteiger partial charge < -0.3 is 85.2 Å². The Hall–Kier alpha value is -4.13. The molecule has 2 heterocycles. The fraction of sp³-hybridized carbons (Fsp3) is 0.667. The largest absolute Gasteiger partial charge is 0.481 e. The number of carbonyl (C=O) groups is 3. The van der Waals surface area contributed by atoms with Crippen LogP contribution in [-0.4, -0.2) is 178 Å². The number of alkyl carbamates (subject to hydrolysis) is 1. The van der Waals surface area contributed by atoms with Crippen LogP contribution in [0.5, 0.6) is 0 Å². The quantitative estimate of drug-likeness (QED) is 0.0279. The SMILES string of the molecule is C=CCOC(=O)N[C@@H]1[C@H](O)[C@H](O[C@@H](/C=C/C=C/C)C[C@@H]2O[C@](O)(C[C@@H](O)C[C@@H](O)[C@H](O)CC[C@@H](O)C[C@@H](O)CC(=O)O[C@@H](C)[C@H](C)[C@H](O)[C@@H](C)/C=C/C=C/C=C/C=C/C)C[C@H](O)[C@H]2C(=O)O)O[C@H](C)[C@H]1O. The molecule has 0 unspecified atom stereocenters. The first-order chi connectivity index (χ1) is 33.5. The number of ether oxygens (including phenoxy) is 5. The number of aliphatic hydroxyl groups is 10. The van der Waals surface area contributed by atoms with E-state index in [0.717, 1.165) is 0 Å². The van der Waals surface area contributed by atoms with Crippen molar-refractivity contribution in [2.24, 2.45) is 17.8 Å². The summed E-state index contributed by atoms with van der Waals surface area (Å²) in [6, 6.07) is -1.33. The lowest BCUT2D eigenvalue weighted by Gasteiger charge is -2.45. The number of esters is 1. The zero-order valence-corrected chi connectivity index (χ0v) is 41.7. The Morgan fingerprint density at radius 2 is 1.44 bits per heavy atom. The molecule has 0 saturated carbocycles. The lowest BCUT2D eigenvalue weighted by molar-refractivity contribution is -0.309. The number of aliphatic hydroxyl groups excluding tert-OH is 9. The van der Waals surface area contributed by atoms with Crippen molar-refractivity contribution in [1.82, 2.24) is 5.32 Å². The number of carboxylic acids is 1. The van der Waals surface area contributed by atoms with Gasteiger partial charge in [-0.2, -0.15) is 0 Å². The van der Waals surface area contributed by atoms with Crippen LogP contribution in [0, 0.1) is 17.8 Å². The second kappa shape index (κ2) is 32.1. The van der Waals surface area contributed by atoms with E-state index in [1.165, 1.54) is 19.1 Å². The number of rotatable bonds is 30. The third-order valence-corrected chi connectivity index (χ3v) is 12.4. The maximum absolute atomic E-state index is 12.6. The first-order valence-corrected chi connectivity index (χ1v) is 24.2. The number of hydrogen-bond acceptors (Lipinski definition) is 18. The van der Waals surface area contributed by atoms with Gasteiger partial charge in [0.2, 0.25) is 0 Å². The summed E-state index contributed by atoms with van der Waals surface area (Å²) in [6.07, 6.45) is -0.452. The predicted octanol–water partition coefficient (Wildman–Crippen LogP) is 2.14. The van der Waals surface area contributed by atoms with Gasteiger partial charge in [-0.05, 0) is 47.0 Å². The number of nitrogens with one attached hydrogen (secondary N) is 1. The number of carboxylic acid groups (broad SMARTS) is 1. The molecule has 1 amide bonds. The highest BCUT2D eigenvalue weighted by Crippen LogP contribution is 2.38. The Morgan fingerprint density at radius 3 is 2.07 bits per heavy atom. The number of allylic oxidation sites excluding steroid dienone is 10. The molecule has 71 heavy (non-hydrogen) atoms. The van der Waals surface area contributed by atoms with Gasteiger partial charge in [0.15, 0.2) is 12.1 Å². The average molecular weight is 1010 g/mol. The van der Waals surface area contributed by atoms with Crippen LogP contribution in [0.15, 0.2) is 85.6 Å². The molecule has 20 nitrogen and oxygen atoms in total. The van der Waals surface area contributed by atoms with Gasteiger partial charge in [0.25, 0.3) is 0 Å². The van der Waals surface area contributed by atoms with Gasteiger partial charge in [-0.3, -0.25) is 9.59 Å². The van der Waals surface area contributed by atoms with Crippen molar-refractivity contribution in [2.45, 2.75) is 190 Å². The number of carbonyl (C=O) groups excluding carboxylic acids is 2. The molecule has 0 radical (unpaired) electrons. The summed E-state index contributed by atoms with van der Waals surface area (Å²) < 4.78 is 28.1. The summed E-state index contributed by atoms with van der Waals surface area (Å²) in [5.74, 6) is -6.92. The first kappa shape index (κ1) is 63.0. The maximum Gasteiger partial charge on any atom is 0.407 e. The van der Waals surface area contributed by atoms with Gasteiger partial charge in [0.05, 0.1) is 73.5 Å². The molecular weight excluding hydrogens is 931 g/mol. The second-order valence-corrected chi connectivity index (χ2v) is 18.4. The van der Waals surface area contributed by atoms with Gasteiger partial charge in [0, 0.05) is 37.5 Å². The molecule has 2 rings (SSSR count). The van der Waals surface area contributed by atoms with Crippen molar-refractivity contribution in [2.75, 3.05) is 6.61 Å². The predicted molar refractivity (Wildman–Crippen MR) is 260 cm³/mol. The maximum atomic E-state index is 12.6. The smallest absolute Gasteiger partial charge is 0.407 e. The van der Waals surface area contributed by atoms with Gasteiger partial charge in [0.1, 0.15) is 30.8 Å². The first-order valence-electron chi connectivity index (χ1n) is 24.2. The van der Waals surface area contributed by atoms with E-state index in [9.17, 15) is 70.6 Å². The van der Waals surface area contributed by atoms with E-state index in [2.05, 4.69) is 11.9 Å². The third-order valence-electron chi connectivity index (χ3n) is 12.4. The Kier molecular flexibility index (Phi) is 28.5.